The van der Waals surface area contributed by atoms with E-state index in [0.717, 1.165) is 6.42 Å². The molecule has 1 N–H and O–H groups in total. The predicted molar refractivity (Wildman–Crippen MR) is 83.0 cm³/mol. The number of benzene rings is 1. The van der Waals surface area contributed by atoms with Gasteiger partial charge in [-0.25, -0.2) is 8.42 Å². The van der Waals surface area contributed by atoms with Gasteiger partial charge in [0.25, 0.3) is 15.0 Å². The Hall–Kier alpha value is -0.630. The molecule has 2 atom stereocenters. The Morgan fingerprint density at radius 3 is 2.81 bits per heavy atom. The normalized spacial score (nSPS) is 22.2. The van der Waals surface area contributed by atoms with Gasteiger partial charge in [-0.15, -0.1) is 0 Å². The molecular formula is C13H15BrClNO4S. The van der Waals surface area contributed by atoms with Crippen LogP contribution in [0.25, 0.3) is 0 Å². The van der Waals surface area contributed by atoms with Crippen LogP contribution in [0.5, 0.6) is 0 Å². The first-order chi connectivity index (χ1) is 9.79. The monoisotopic (exact) mass is 395 g/mol. The summed E-state index contributed by atoms with van der Waals surface area (Å²) in [5, 5.41) is 2.80. The second-order valence-electron chi connectivity index (χ2n) is 4.92. The van der Waals surface area contributed by atoms with E-state index in [-0.39, 0.29) is 28.4 Å². The third kappa shape index (κ3) is 4.18. The smallest absolute Gasteiger partial charge is 0.262 e. The summed E-state index contributed by atoms with van der Waals surface area (Å²) in [4.78, 5) is 12.0. The Labute approximate surface area is 136 Å². The van der Waals surface area contributed by atoms with Gasteiger partial charge in [-0.1, -0.05) is 0 Å². The van der Waals surface area contributed by atoms with E-state index >= 15 is 0 Å². The first kappa shape index (κ1) is 16.7. The molecule has 1 saturated heterocycles. The number of hydrogen-bond donors (Lipinski definition) is 1. The average molecular weight is 397 g/mol. The quantitative estimate of drug-likeness (QED) is 0.794. The summed E-state index contributed by atoms with van der Waals surface area (Å²) in [5.41, 5.74) is 0.254. The van der Waals surface area contributed by atoms with E-state index in [9.17, 15) is 13.2 Å². The SMILES string of the molecule is CC1OCCC1CNC(=O)c1ccc(Br)c(S(=O)(=O)Cl)c1. The Balaban J connectivity index is 2.09. The Morgan fingerprint density at radius 1 is 1.52 bits per heavy atom. The fourth-order valence-corrected chi connectivity index (χ4v) is 4.32. The van der Waals surface area contributed by atoms with E-state index in [4.69, 9.17) is 15.4 Å². The average Bonchev–Trinajstić information content (AvgIpc) is 2.80. The minimum atomic E-state index is -3.90. The van der Waals surface area contributed by atoms with Crippen LogP contribution in [0, 0.1) is 5.92 Å². The largest absolute Gasteiger partial charge is 0.378 e. The molecule has 1 aliphatic rings. The second kappa shape index (κ2) is 6.64. The van der Waals surface area contributed by atoms with Gasteiger partial charge in [-0.05, 0) is 47.5 Å². The van der Waals surface area contributed by atoms with Crippen molar-refractivity contribution >= 4 is 41.6 Å². The van der Waals surface area contributed by atoms with Crippen molar-refractivity contribution in [3.05, 3.63) is 28.2 Å². The van der Waals surface area contributed by atoms with Crippen LogP contribution in [0.2, 0.25) is 0 Å². The van der Waals surface area contributed by atoms with Gasteiger partial charge in [0.15, 0.2) is 0 Å². The van der Waals surface area contributed by atoms with Gasteiger partial charge in [-0.2, -0.15) is 0 Å². The molecule has 1 heterocycles. The molecule has 0 bridgehead atoms. The van der Waals surface area contributed by atoms with Gasteiger partial charge >= 0.3 is 0 Å². The third-order valence-corrected chi connectivity index (χ3v) is 5.83. The molecule has 8 heteroatoms. The fraction of sp³-hybridized carbons (Fsp3) is 0.462. The van der Waals surface area contributed by atoms with Gasteiger partial charge in [0, 0.05) is 39.8 Å². The zero-order chi connectivity index (χ0) is 15.6. The van der Waals surface area contributed by atoms with Crippen molar-refractivity contribution in [1.82, 2.24) is 5.32 Å². The van der Waals surface area contributed by atoms with Gasteiger partial charge in [0.2, 0.25) is 0 Å². The lowest BCUT2D eigenvalue weighted by atomic mass is 10.0. The zero-order valence-corrected chi connectivity index (χ0v) is 14.5. The molecule has 2 unspecified atom stereocenters. The molecule has 0 aromatic heterocycles. The minimum Gasteiger partial charge on any atom is -0.378 e. The van der Waals surface area contributed by atoms with Crippen molar-refractivity contribution in [2.24, 2.45) is 5.92 Å². The third-order valence-electron chi connectivity index (χ3n) is 3.51. The lowest BCUT2D eigenvalue weighted by Gasteiger charge is -2.15. The van der Waals surface area contributed by atoms with Gasteiger partial charge in [0.1, 0.15) is 0 Å². The minimum absolute atomic E-state index is 0.116. The highest BCUT2D eigenvalue weighted by molar-refractivity contribution is 9.10. The van der Waals surface area contributed by atoms with Crippen molar-refractivity contribution in [3.8, 4) is 0 Å². The molecule has 2 rings (SSSR count). The van der Waals surface area contributed by atoms with E-state index in [1.165, 1.54) is 12.1 Å². The van der Waals surface area contributed by atoms with E-state index in [1.54, 1.807) is 6.07 Å². The highest BCUT2D eigenvalue weighted by Gasteiger charge is 2.25. The molecule has 1 aliphatic heterocycles. The molecule has 1 aromatic rings. The number of ether oxygens (including phenoxy) is 1. The highest BCUT2D eigenvalue weighted by Crippen LogP contribution is 2.26. The molecule has 1 aromatic carbocycles. The van der Waals surface area contributed by atoms with Gasteiger partial charge in [-0.3, -0.25) is 4.79 Å². The first-order valence-electron chi connectivity index (χ1n) is 6.43. The van der Waals surface area contributed by atoms with Crippen molar-refractivity contribution in [2.45, 2.75) is 24.3 Å². The van der Waals surface area contributed by atoms with E-state index in [2.05, 4.69) is 21.2 Å². The summed E-state index contributed by atoms with van der Waals surface area (Å²) in [7, 11) is 1.43. The van der Waals surface area contributed by atoms with Gasteiger partial charge in [0.05, 0.1) is 11.0 Å². The first-order valence-corrected chi connectivity index (χ1v) is 9.53. The Morgan fingerprint density at radius 2 is 2.24 bits per heavy atom. The number of carbonyl (C=O) groups excluding carboxylic acids is 1. The van der Waals surface area contributed by atoms with Crippen molar-refractivity contribution < 1.29 is 17.9 Å². The van der Waals surface area contributed by atoms with Crippen LogP contribution in [0.15, 0.2) is 27.6 Å². The summed E-state index contributed by atoms with van der Waals surface area (Å²) >= 11 is 3.10. The molecule has 0 radical (unpaired) electrons. The Kier molecular flexibility index (Phi) is 5.29. The maximum atomic E-state index is 12.1. The zero-order valence-electron chi connectivity index (χ0n) is 11.3. The lowest BCUT2D eigenvalue weighted by Crippen LogP contribution is -2.32. The van der Waals surface area contributed by atoms with Crippen molar-refractivity contribution in [3.63, 3.8) is 0 Å². The molecule has 0 spiro atoms. The molecule has 116 valence electrons. The van der Waals surface area contributed by atoms with Crippen LogP contribution < -0.4 is 5.32 Å². The topological polar surface area (TPSA) is 72.5 Å². The van der Waals surface area contributed by atoms with E-state index < -0.39 is 9.05 Å². The maximum absolute atomic E-state index is 12.1. The molecule has 5 nitrogen and oxygen atoms in total. The summed E-state index contributed by atoms with van der Waals surface area (Å²) in [6, 6.07) is 4.29. The number of rotatable bonds is 4. The van der Waals surface area contributed by atoms with E-state index in [1.807, 2.05) is 6.92 Å². The fourth-order valence-electron chi connectivity index (χ4n) is 2.20. The lowest BCUT2D eigenvalue weighted by molar-refractivity contribution is 0.0907. The number of hydrogen-bond acceptors (Lipinski definition) is 4. The molecule has 0 aliphatic carbocycles. The summed E-state index contributed by atoms with van der Waals surface area (Å²) in [6.07, 6.45) is 1.03. The van der Waals surface area contributed by atoms with Crippen LogP contribution in [0.4, 0.5) is 0 Å². The van der Waals surface area contributed by atoms with E-state index in [0.29, 0.717) is 17.6 Å². The molecule has 21 heavy (non-hydrogen) atoms. The van der Waals surface area contributed by atoms with Crippen molar-refractivity contribution in [1.29, 1.82) is 0 Å². The summed E-state index contributed by atoms with van der Waals surface area (Å²) in [6.45, 7) is 3.18. The predicted octanol–water partition coefficient (Wildman–Crippen LogP) is 2.53. The number of amides is 1. The molecule has 0 saturated carbocycles. The Bertz CT molecular complexity index is 650. The van der Waals surface area contributed by atoms with Gasteiger partial charge < -0.3 is 10.1 Å². The van der Waals surface area contributed by atoms with Crippen LogP contribution >= 0.6 is 26.6 Å². The summed E-state index contributed by atoms with van der Waals surface area (Å²) in [5.74, 6) is -0.0520. The van der Waals surface area contributed by atoms with Crippen molar-refractivity contribution in [2.75, 3.05) is 13.2 Å². The van der Waals surface area contributed by atoms with Crippen LogP contribution in [-0.4, -0.2) is 33.6 Å². The molecule has 1 amide bonds. The molecular weight excluding hydrogens is 382 g/mol. The maximum Gasteiger partial charge on any atom is 0.262 e. The van der Waals surface area contributed by atoms with Crippen LogP contribution in [-0.2, 0) is 13.8 Å². The standard InChI is InChI=1S/C13H15BrClNO4S/c1-8-10(4-5-20-8)7-16-13(17)9-2-3-11(14)12(6-9)21(15,18)19/h2-3,6,8,10H,4-5,7H2,1H3,(H,16,17). The second-order valence-corrected chi connectivity index (χ2v) is 8.31. The van der Waals surface area contributed by atoms with Crippen LogP contribution in [0.1, 0.15) is 23.7 Å². The van der Waals surface area contributed by atoms with Crippen LogP contribution in [0.3, 0.4) is 0 Å². The number of nitrogens with one attached hydrogen (secondary N) is 1. The number of carbonyl (C=O) groups is 1. The summed E-state index contributed by atoms with van der Waals surface area (Å²) < 4.78 is 28.6. The highest BCUT2D eigenvalue weighted by atomic mass is 79.9. The number of halogens is 2. The molecule has 1 fully saturated rings.